The highest BCUT2D eigenvalue weighted by atomic mass is 35.5. The fourth-order valence-electron chi connectivity index (χ4n) is 3.99. The molecule has 0 fully saturated rings. The average molecular weight is 507 g/mol. The van der Waals surface area contributed by atoms with E-state index < -0.39 is 0 Å². The van der Waals surface area contributed by atoms with E-state index in [2.05, 4.69) is 30.6 Å². The zero-order chi connectivity index (χ0) is 25.2. The van der Waals surface area contributed by atoms with Crippen molar-refractivity contribution >= 4 is 45.2 Å². The molecule has 1 aromatic carbocycles. The van der Waals surface area contributed by atoms with Gasteiger partial charge in [-0.3, -0.25) is 9.36 Å². The molecule has 0 radical (unpaired) electrons. The minimum atomic E-state index is -0.371. The van der Waals surface area contributed by atoms with Gasteiger partial charge in [0.25, 0.3) is 0 Å². The Kier molecular flexibility index (Phi) is 6.38. The second-order valence-electron chi connectivity index (χ2n) is 7.96. The van der Waals surface area contributed by atoms with Gasteiger partial charge in [0.15, 0.2) is 17.3 Å². The lowest BCUT2D eigenvalue weighted by Gasteiger charge is -2.13. The number of benzene rings is 1. The Morgan fingerprint density at radius 3 is 2.75 bits per heavy atom. The number of methoxy groups -OCH3 is 2. The summed E-state index contributed by atoms with van der Waals surface area (Å²) < 4.78 is 13.5. The lowest BCUT2D eigenvalue weighted by Crippen LogP contribution is -2.07. The van der Waals surface area contributed by atoms with Crippen LogP contribution in [-0.4, -0.2) is 54.7 Å². The van der Waals surface area contributed by atoms with Crippen molar-refractivity contribution in [3.05, 3.63) is 59.4 Å². The molecule has 0 bridgehead atoms. The summed E-state index contributed by atoms with van der Waals surface area (Å²) in [7, 11) is 2.92. The van der Waals surface area contributed by atoms with E-state index in [-0.39, 0.29) is 12.4 Å². The predicted octanol–water partition coefficient (Wildman–Crippen LogP) is 3.57. The number of pyridine rings is 1. The summed E-state index contributed by atoms with van der Waals surface area (Å²) in [5.41, 5.74) is 2.26. The number of hydrogen-bond acceptors (Lipinski definition) is 9. The van der Waals surface area contributed by atoms with Crippen LogP contribution in [0.3, 0.4) is 0 Å². The van der Waals surface area contributed by atoms with Crippen molar-refractivity contribution in [3.8, 4) is 11.6 Å². The normalized spacial score (nSPS) is 11.2. The number of aryl methyl sites for hydroxylation is 1. The summed E-state index contributed by atoms with van der Waals surface area (Å²) in [6, 6.07) is 5.60. The number of ether oxygens (including phenoxy) is 2. The summed E-state index contributed by atoms with van der Waals surface area (Å²) >= 11 is 6.30. The number of carbonyl (C=O) groups is 1. The summed E-state index contributed by atoms with van der Waals surface area (Å²) in [4.78, 5) is 20.6. The Hall–Kier alpha value is -4.25. The predicted molar refractivity (Wildman–Crippen MR) is 134 cm³/mol. The molecule has 1 N–H and O–H groups in total. The van der Waals surface area contributed by atoms with E-state index in [9.17, 15) is 4.79 Å². The Morgan fingerprint density at radius 1 is 1.14 bits per heavy atom. The minimum Gasteiger partial charge on any atom is -0.495 e. The highest BCUT2D eigenvalue weighted by Crippen LogP contribution is 2.32. The molecule has 0 aliphatic heterocycles. The molecule has 0 unspecified atom stereocenters. The van der Waals surface area contributed by atoms with E-state index >= 15 is 0 Å². The quantitative estimate of drug-likeness (QED) is 0.315. The van der Waals surface area contributed by atoms with Gasteiger partial charge in [-0.15, -0.1) is 10.2 Å². The van der Waals surface area contributed by atoms with Gasteiger partial charge in [-0.1, -0.05) is 17.7 Å². The van der Waals surface area contributed by atoms with Crippen LogP contribution in [0.25, 0.3) is 27.6 Å². The Bertz CT molecular complexity index is 1580. The molecule has 0 saturated heterocycles. The summed E-state index contributed by atoms with van der Waals surface area (Å²) in [6.07, 6.45) is 6.92. The summed E-state index contributed by atoms with van der Waals surface area (Å²) in [5.74, 6) is 1.36. The van der Waals surface area contributed by atoms with Crippen LogP contribution in [0.1, 0.15) is 18.2 Å². The van der Waals surface area contributed by atoms with E-state index in [1.165, 1.54) is 7.11 Å². The number of aromatic nitrogens is 7. The van der Waals surface area contributed by atoms with E-state index in [1.807, 2.05) is 29.8 Å². The summed E-state index contributed by atoms with van der Waals surface area (Å²) in [5, 5.41) is 19.8. The maximum absolute atomic E-state index is 11.7. The maximum Gasteiger partial charge on any atom is 0.311 e. The molecule has 0 saturated carbocycles. The van der Waals surface area contributed by atoms with Crippen LogP contribution in [0, 0.1) is 0 Å². The Labute approximate surface area is 211 Å². The third-order valence-electron chi connectivity index (χ3n) is 5.80. The lowest BCUT2D eigenvalue weighted by molar-refractivity contribution is -0.139. The van der Waals surface area contributed by atoms with Crippen molar-refractivity contribution in [1.82, 2.24) is 34.5 Å². The number of anilines is 1. The largest absolute Gasteiger partial charge is 0.495 e. The van der Waals surface area contributed by atoms with Gasteiger partial charge < -0.3 is 14.8 Å². The first kappa shape index (κ1) is 23.5. The van der Waals surface area contributed by atoms with Crippen molar-refractivity contribution in [2.45, 2.75) is 26.4 Å². The summed E-state index contributed by atoms with van der Waals surface area (Å²) in [6.45, 7) is 3.15. The molecule has 0 atom stereocenters. The van der Waals surface area contributed by atoms with Crippen molar-refractivity contribution in [3.63, 3.8) is 0 Å². The number of carbonyl (C=O) groups excluding carboxylic acids is 1. The smallest absolute Gasteiger partial charge is 0.311 e. The molecule has 4 aromatic heterocycles. The molecule has 0 aliphatic carbocycles. The first-order chi connectivity index (χ1) is 17.5. The number of hydrogen-bond donors (Lipinski definition) is 1. The maximum atomic E-state index is 11.7. The molecule has 5 aromatic rings. The number of imidazole rings is 1. The van der Waals surface area contributed by atoms with Crippen LogP contribution in [0.5, 0.6) is 5.75 Å². The number of nitrogens with one attached hydrogen (secondary N) is 1. The SMILES string of the molecule is CCn1ncc2c3c(NCc4ccc(OC)c(Cl)c4)nnc(-n4cnc(CC(=O)OC)c4)c3cnc21. The molecule has 4 heterocycles. The van der Waals surface area contributed by atoms with Crippen LogP contribution in [-0.2, 0) is 29.0 Å². The van der Waals surface area contributed by atoms with Gasteiger partial charge in [0, 0.05) is 36.3 Å². The van der Waals surface area contributed by atoms with Crippen LogP contribution < -0.4 is 10.1 Å². The van der Waals surface area contributed by atoms with Crippen molar-refractivity contribution in [1.29, 1.82) is 0 Å². The monoisotopic (exact) mass is 506 g/mol. The van der Waals surface area contributed by atoms with Gasteiger partial charge in [0.05, 0.1) is 42.9 Å². The molecule has 184 valence electrons. The van der Waals surface area contributed by atoms with E-state index in [4.69, 9.17) is 21.1 Å². The molecule has 0 aliphatic rings. The number of halogens is 1. The van der Waals surface area contributed by atoms with Crippen molar-refractivity contribution in [2.75, 3.05) is 19.5 Å². The topological polar surface area (TPSA) is 122 Å². The van der Waals surface area contributed by atoms with Crippen molar-refractivity contribution in [2.24, 2.45) is 0 Å². The highest BCUT2D eigenvalue weighted by molar-refractivity contribution is 6.32. The Morgan fingerprint density at radius 2 is 2.00 bits per heavy atom. The van der Waals surface area contributed by atoms with Crippen molar-refractivity contribution < 1.29 is 14.3 Å². The van der Waals surface area contributed by atoms with E-state index in [1.54, 1.807) is 36.6 Å². The average Bonchev–Trinajstić information content (AvgIpc) is 3.53. The van der Waals surface area contributed by atoms with Crippen LogP contribution in [0.4, 0.5) is 5.82 Å². The van der Waals surface area contributed by atoms with Gasteiger partial charge in [-0.2, -0.15) is 5.10 Å². The third-order valence-corrected chi connectivity index (χ3v) is 6.09. The standard InChI is InChI=1S/C24H23ClN8O3/c1-4-33-23-17(11-29-33)21-16(10-27-23)24(32-12-15(28-13-32)8-20(34)36-3)31-30-22(21)26-9-14-5-6-19(35-2)18(25)7-14/h5-7,10-13H,4,8-9H2,1-3H3,(H,26,30). The van der Waals surface area contributed by atoms with Gasteiger partial charge in [-0.25, -0.2) is 14.6 Å². The van der Waals surface area contributed by atoms with Gasteiger partial charge in [0.2, 0.25) is 0 Å². The first-order valence-electron chi connectivity index (χ1n) is 11.2. The number of rotatable bonds is 8. The second-order valence-corrected chi connectivity index (χ2v) is 8.37. The highest BCUT2D eigenvalue weighted by Gasteiger charge is 2.18. The fourth-order valence-corrected chi connectivity index (χ4v) is 4.28. The van der Waals surface area contributed by atoms with E-state index in [0.29, 0.717) is 41.2 Å². The number of esters is 1. The Balaban J connectivity index is 1.58. The number of nitrogens with zero attached hydrogens (tertiary/aromatic N) is 7. The molecule has 36 heavy (non-hydrogen) atoms. The third kappa shape index (κ3) is 4.29. The molecule has 11 nitrogen and oxygen atoms in total. The van der Waals surface area contributed by atoms with Crippen LogP contribution in [0.15, 0.2) is 43.1 Å². The molecule has 0 spiro atoms. The molecule has 5 rings (SSSR count). The molecule has 0 amide bonds. The lowest BCUT2D eigenvalue weighted by atomic mass is 10.1. The second kappa shape index (κ2) is 9.78. The first-order valence-corrected chi connectivity index (χ1v) is 11.6. The van der Waals surface area contributed by atoms with Crippen LogP contribution in [0.2, 0.25) is 5.02 Å². The molecular formula is C24H23ClN8O3. The fraction of sp³-hybridized carbons (Fsp3) is 0.250. The van der Waals surface area contributed by atoms with Gasteiger partial charge in [-0.05, 0) is 24.6 Å². The van der Waals surface area contributed by atoms with Crippen LogP contribution >= 0.6 is 11.6 Å². The van der Waals surface area contributed by atoms with E-state index in [0.717, 1.165) is 27.4 Å². The molecule has 12 heteroatoms. The zero-order valence-electron chi connectivity index (χ0n) is 19.9. The van der Waals surface area contributed by atoms with Gasteiger partial charge in [0.1, 0.15) is 12.1 Å². The molecular weight excluding hydrogens is 484 g/mol. The van der Waals surface area contributed by atoms with Gasteiger partial charge >= 0.3 is 5.97 Å². The minimum absolute atomic E-state index is 0.0602. The number of fused-ring (bicyclic) bond motifs is 3. The zero-order valence-corrected chi connectivity index (χ0v) is 20.7.